The summed E-state index contributed by atoms with van der Waals surface area (Å²) in [6.45, 7) is 2.19. The minimum atomic E-state index is 0.277. The molecule has 2 rings (SSSR count). The van der Waals surface area contributed by atoms with Gasteiger partial charge in [0.25, 0.3) is 0 Å². The lowest BCUT2D eigenvalue weighted by Crippen LogP contribution is -2.18. The molecule has 0 aromatic heterocycles. The standard InChI is InChI=1S/C14H17ClO/c1-10-4-2-7-13(10)14(16)9-11-5-3-6-12(15)8-11/h3,5-6,8,10,13H,2,4,7,9H2,1H3. The number of halogens is 1. The molecule has 1 aliphatic rings. The van der Waals surface area contributed by atoms with Crippen LogP contribution in [0.3, 0.4) is 0 Å². The van der Waals surface area contributed by atoms with Gasteiger partial charge in [0.05, 0.1) is 0 Å². The Morgan fingerprint density at radius 3 is 2.88 bits per heavy atom. The Morgan fingerprint density at radius 1 is 1.44 bits per heavy atom. The summed E-state index contributed by atoms with van der Waals surface area (Å²) >= 11 is 5.91. The maximum Gasteiger partial charge on any atom is 0.140 e. The summed E-state index contributed by atoms with van der Waals surface area (Å²) in [5.41, 5.74) is 1.04. The molecular weight excluding hydrogens is 220 g/mol. The quantitative estimate of drug-likeness (QED) is 0.778. The molecule has 0 radical (unpaired) electrons. The van der Waals surface area contributed by atoms with Crippen molar-refractivity contribution < 1.29 is 4.79 Å². The van der Waals surface area contributed by atoms with Gasteiger partial charge in [0.1, 0.15) is 5.78 Å². The van der Waals surface area contributed by atoms with Crippen molar-refractivity contribution in [3.8, 4) is 0 Å². The van der Waals surface area contributed by atoms with E-state index in [9.17, 15) is 4.79 Å². The molecule has 0 spiro atoms. The fourth-order valence-corrected chi connectivity index (χ4v) is 2.82. The molecule has 1 aromatic carbocycles. The summed E-state index contributed by atoms with van der Waals surface area (Å²) in [7, 11) is 0. The molecule has 16 heavy (non-hydrogen) atoms. The molecule has 2 atom stereocenters. The second kappa shape index (κ2) is 5.01. The van der Waals surface area contributed by atoms with E-state index in [1.165, 1.54) is 12.8 Å². The van der Waals surface area contributed by atoms with E-state index < -0.39 is 0 Å². The first-order valence-corrected chi connectivity index (χ1v) is 6.32. The van der Waals surface area contributed by atoms with Crippen LogP contribution in [0.25, 0.3) is 0 Å². The monoisotopic (exact) mass is 236 g/mol. The first-order chi connectivity index (χ1) is 7.66. The number of carbonyl (C=O) groups is 1. The fourth-order valence-electron chi connectivity index (χ4n) is 2.60. The lowest BCUT2D eigenvalue weighted by atomic mass is 9.90. The smallest absolute Gasteiger partial charge is 0.140 e. The van der Waals surface area contributed by atoms with Crippen molar-refractivity contribution in [3.05, 3.63) is 34.9 Å². The first kappa shape index (κ1) is 11.7. The summed E-state index contributed by atoms with van der Waals surface area (Å²) in [5, 5.41) is 0.713. The minimum absolute atomic E-state index is 0.277. The molecule has 1 aliphatic carbocycles. The van der Waals surface area contributed by atoms with Crippen LogP contribution in [0.1, 0.15) is 31.7 Å². The molecule has 0 amide bonds. The largest absolute Gasteiger partial charge is 0.299 e. The predicted molar refractivity (Wildman–Crippen MR) is 66.7 cm³/mol. The number of hydrogen-bond acceptors (Lipinski definition) is 1. The highest BCUT2D eigenvalue weighted by Crippen LogP contribution is 2.32. The van der Waals surface area contributed by atoms with Crippen LogP contribution >= 0.6 is 11.6 Å². The molecule has 0 N–H and O–H groups in total. The van der Waals surface area contributed by atoms with Gasteiger partial charge >= 0.3 is 0 Å². The van der Waals surface area contributed by atoms with Crippen LogP contribution < -0.4 is 0 Å². The van der Waals surface area contributed by atoms with Crippen LogP contribution in [0, 0.1) is 11.8 Å². The van der Waals surface area contributed by atoms with E-state index in [0.717, 1.165) is 12.0 Å². The Kier molecular flexibility index (Phi) is 3.65. The third-order valence-electron chi connectivity index (χ3n) is 3.54. The normalized spacial score (nSPS) is 24.6. The minimum Gasteiger partial charge on any atom is -0.299 e. The van der Waals surface area contributed by atoms with E-state index in [1.807, 2.05) is 24.3 Å². The van der Waals surface area contributed by atoms with Crippen LogP contribution in [-0.4, -0.2) is 5.78 Å². The average Bonchev–Trinajstić information content (AvgIpc) is 2.64. The second-order valence-corrected chi connectivity index (χ2v) is 5.22. The molecule has 1 saturated carbocycles. The van der Waals surface area contributed by atoms with Crippen LogP contribution in [0.4, 0.5) is 0 Å². The topological polar surface area (TPSA) is 17.1 Å². The molecular formula is C14H17ClO. The van der Waals surface area contributed by atoms with Crippen LogP contribution in [-0.2, 0) is 11.2 Å². The van der Waals surface area contributed by atoms with E-state index >= 15 is 0 Å². The van der Waals surface area contributed by atoms with Crippen LogP contribution in [0.2, 0.25) is 5.02 Å². The number of hydrogen-bond donors (Lipinski definition) is 0. The van der Waals surface area contributed by atoms with Crippen molar-refractivity contribution in [2.24, 2.45) is 11.8 Å². The first-order valence-electron chi connectivity index (χ1n) is 5.94. The van der Waals surface area contributed by atoms with E-state index in [4.69, 9.17) is 11.6 Å². The summed E-state index contributed by atoms with van der Waals surface area (Å²) in [5.74, 6) is 1.22. The van der Waals surface area contributed by atoms with Crippen molar-refractivity contribution in [1.29, 1.82) is 0 Å². The van der Waals surface area contributed by atoms with Crippen LogP contribution in [0.5, 0.6) is 0 Å². The third-order valence-corrected chi connectivity index (χ3v) is 3.78. The van der Waals surface area contributed by atoms with E-state index in [2.05, 4.69) is 6.92 Å². The molecule has 0 saturated heterocycles. The molecule has 1 aromatic rings. The van der Waals surface area contributed by atoms with Gasteiger partial charge in [0.15, 0.2) is 0 Å². The highest BCUT2D eigenvalue weighted by atomic mass is 35.5. The molecule has 86 valence electrons. The van der Waals surface area contributed by atoms with Gasteiger partial charge in [-0.2, -0.15) is 0 Å². The van der Waals surface area contributed by atoms with Gasteiger partial charge in [-0.25, -0.2) is 0 Å². The Balaban J connectivity index is 2.02. The zero-order valence-electron chi connectivity index (χ0n) is 9.58. The van der Waals surface area contributed by atoms with Crippen LogP contribution in [0.15, 0.2) is 24.3 Å². The number of ketones is 1. The summed E-state index contributed by atoms with van der Waals surface area (Å²) in [4.78, 5) is 12.1. The van der Waals surface area contributed by atoms with Crippen molar-refractivity contribution in [2.75, 3.05) is 0 Å². The number of Topliss-reactive ketones (excluding diaryl/α,β-unsaturated/α-hetero) is 1. The van der Waals surface area contributed by atoms with Gasteiger partial charge < -0.3 is 0 Å². The average molecular weight is 237 g/mol. The second-order valence-electron chi connectivity index (χ2n) is 4.79. The highest BCUT2D eigenvalue weighted by Gasteiger charge is 2.29. The summed E-state index contributed by atoms with van der Waals surface area (Å²) in [6, 6.07) is 7.61. The van der Waals surface area contributed by atoms with Gasteiger partial charge in [-0.1, -0.05) is 37.1 Å². The van der Waals surface area contributed by atoms with Crippen molar-refractivity contribution in [3.63, 3.8) is 0 Å². The van der Waals surface area contributed by atoms with E-state index in [1.54, 1.807) is 0 Å². The Labute approximate surface area is 102 Å². The van der Waals surface area contributed by atoms with Crippen molar-refractivity contribution in [1.82, 2.24) is 0 Å². The van der Waals surface area contributed by atoms with Gasteiger partial charge in [-0.3, -0.25) is 4.79 Å². The zero-order chi connectivity index (χ0) is 11.5. The van der Waals surface area contributed by atoms with Gasteiger partial charge in [-0.15, -0.1) is 0 Å². The maximum absolute atomic E-state index is 12.1. The molecule has 1 fully saturated rings. The van der Waals surface area contributed by atoms with Gasteiger partial charge in [0.2, 0.25) is 0 Å². The predicted octanol–water partition coefficient (Wildman–Crippen LogP) is 3.89. The lowest BCUT2D eigenvalue weighted by molar-refractivity contribution is -0.123. The molecule has 2 heteroatoms. The van der Waals surface area contributed by atoms with Gasteiger partial charge in [0, 0.05) is 17.4 Å². The van der Waals surface area contributed by atoms with Crippen molar-refractivity contribution >= 4 is 17.4 Å². The maximum atomic E-state index is 12.1. The molecule has 0 bridgehead atoms. The lowest BCUT2D eigenvalue weighted by Gasteiger charge is -2.13. The molecule has 0 heterocycles. The fraction of sp³-hybridized carbons (Fsp3) is 0.500. The van der Waals surface area contributed by atoms with E-state index in [-0.39, 0.29) is 5.92 Å². The highest BCUT2D eigenvalue weighted by molar-refractivity contribution is 6.30. The summed E-state index contributed by atoms with van der Waals surface area (Å²) in [6.07, 6.45) is 4.01. The number of benzene rings is 1. The molecule has 1 nitrogen and oxygen atoms in total. The van der Waals surface area contributed by atoms with E-state index in [0.29, 0.717) is 23.1 Å². The number of rotatable bonds is 3. The van der Waals surface area contributed by atoms with Crippen molar-refractivity contribution in [2.45, 2.75) is 32.6 Å². The molecule has 2 unspecified atom stereocenters. The Bertz CT molecular complexity index is 386. The summed E-state index contributed by atoms with van der Waals surface area (Å²) < 4.78 is 0. The van der Waals surface area contributed by atoms with Gasteiger partial charge in [-0.05, 0) is 36.5 Å². The molecule has 0 aliphatic heterocycles. The third kappa shape index (κ3) is 2.65. The zero-order valence-corrected chi connectivity index (χ0v) is 10.3. The number of carbonyl (C=O) groups excluding carboxylic acids is 1. The SMILES string of the molecule is CC1CCCC1C(=O)Cc1cccc(Cl)c1. The Morgan fingerprint density at radius 2 is 2.25 bits per heavy atom. The Hall–Kier alpha value is -0.820.